The van der Waals surface area contributed by atoms with Crippen LogP contribution in [0.3, 0.4) is 0 Å². The summed E-state index contributed by atoms with van der Waals surface area (Å²) in [7, 11) is 0. The third-order valence-electron chi connectivity index (χ3n) is 6.09. The summed E-state index contributed by atoms with van der Waals surface area (Å²) in [5.74, 6) is 0.304. The normalized spacial score (nSPS) is 24.1. The van der Waals surface area contributed by atoms with Crippen LogP contribution in [0.5, 0.6) is 0 Å². The number of hydrogen-bond donors (Lipinski definition) is 0. The van der Waals surface area contributed by atoms with Crippen molar-refractivity contribution >= 4 is 17.2 Å². The Morgan fingerprint density at radius 1 is 1.22 bits per heavy atom. The molecule has 2 aromatic rings. The first kappa shape index (κ1) is 18.6. The van der Waals surface area contributed by atoms with Gasteiger partial charge >= 0.3 is 0 Å². The Hall–Kier alpha value is -1.73. The number of rotatable bonds is 5. The van der Waals surface area contributed by atoms with Crippen molar-refractivity contribution in [3.05, 3.63) is 34.0 Å². The second-order valence-electron chi connectivity index (χ2n) is 7.90. The van der Waals surface area contributed by atoms with Crippen LogP contribution in [0.25, 0.3) is 0 Å². The maximum Gasteiger partial charge on any atom is 0.223 e. The number of carbonyl (C=O) groups is 1. The molecule has 0 aliphatic carbocycles. The monoisotopic (exact) mass is 387 g/mol. The van der Waals surface area contributed by atoms with Gasteiger partial charge < -0.3 is 4.90 Å². The summed E-state index contributed by atoms with van der Waals surface area (Å²) in [5, 5.41) is 7.57. The average Bonchev–Trinajstić information content (AvgIpc) is 3.31. The fraction of sp³-hybridized carbons (Fsp3) is 0.650. The molecule has 0 N–H and O–H groups in total. The summed E-state index contributed by atoms with van der Waals surface area (Å²) in [6.45, 7) is 8.81. The Labute approximate surface area is 165 Å². The Kier molecular flexibility index (Phi) is 5.32. The average molecular weight is 388 g/mol. The summed E-state index contributed by atoms with van der Waals surface area (Å²) in [6, 6.07) is 0. The van der Waals surface area contributed by atoms with Gasteiger partial charge in [-0.25, -0.2) is 4.98 Å². The quantitative estimate of drug-likeness (QED) is 0.790. The molecule has 1 spiro atoms. The van der Waals surface area contributed by atoms with Crippen LogP contribution < -0.4 is 0 Å². The lowest BCUT2D eigenvalue weighted by atomic mass is 9.87. The highest BCUT2D eigenvalue weighted by Gasteiger charge is 2.45. The van der Waals surface area contributed by atoms with E-state index >= 15 is 0 Å². The summed E-state index contributed by atoms with van der Waals surface area (Å²) in [6.07, 6.45) is 9.12. The number of amides is 1. The van der Waals surface area contributed by atoms with Gasteiger partial charge in [-0.05, 0) is 46.1 Å². The molecule has 146 valence electrons. The van der Waals surface area contributed by atoms with Crippen LogP contribution in [0.15, 0.2) is 17.8 Å². The van der Waals surface area contributed by atoms with Crippen molar-refractivity contribution in [3.63, 3.8) is 0 Å². The third kappa shape index (κ3) is 3.94. The summed E-state index contributed by atoms with van der Waals surface area (Å²) in [5.41, 5.74) is 2.35. The molecule has 2 aliphatic rings. The van der Waals surface area contributed by atoms with Gasteiger partial charge in [0.2, 0.25) is 5.91 Å². The van der Waals surface area contributed by atoms with Gasteiger partial charge in [0.1, 0.15) is 0 Å². The third-order valence-corrected chi connectivity index (χ3v) is 6.91. The smallest absolute Gasteiger partial charge is 0.223 e. The maximum atomic E-state index is 12.7. The van der Waals surface area contributed by atoms with Gasteiger partial charge in [0, 0.05) is 48.7 Å². The van der Waals surface area contributed by atoms with Crippen molar-refractivity contribution in [2.75, 3.05) is 13.1 Å². The lowest BCUT2D eigenvalue weighted by molar-refractivity contribution is -0.132. The van der Waals surface area contributed by atoms with Crippen molar-refractivity contribution in [3.8, 4) is 0 Å². The van der Waals surface area contributed by atoms with Crippen molar-refractivity contribution < 1.29 is 4.79 Å². The number of carbonyl (C=O) groups excluding carboxylic acids is 1. The lowest BCUT2D eigenvalue weighted by Crippen LogP contribution is -2.46. The molecule has 2 saturated heterocycles. The zero-order valence-electron chi connectivity index (χ0n) is 16.4. The first-order chi connectivity index (χ1) is 13.1. The first-order valence-corrected chi connectivity index (χ1v) is 10.9. The second-order valence-corrected chi connectivity index (χ2v) is 8.96. The predicted octanol–water partition coefficient (Wildman–Crippen LogP) is 3.22. The standard InChI is InChI=1S/C20H29N5OS/c1-3-24-13-17(11-21-24)12-23-9-4-6-20(8-10-23)7-5-19(26)25(20)14-18-15-27-16(2)22-18/h11,13,15H,3-10,12,14H2,1-2H3/t20-/m1/s1. The van der Waals surface area contributed by atoms with Gasteiger partial charge in [-0.2, -0.15) is 5.10 Å². The van der Waals surface area contributed by atoms with E-state index in [4.69, 9.17) is 0 Å². The molecule has 4 heterocycles. The molecule has 4 rings (SSSR count). The Morgan fingerprint density at radius 2 is 2.11 bits per heavy atom. The highest BCUT2D eigenvalue weighted by molar-refractivity contribution is 7.09. The largest absolute Gasteiger partial charge is 0.331 e. The first-order valence-electron chi connectivity index (χ1n) is 10.0. The summed E-state index contributed by atoms with van der Waals surface area (Å²) < 4.78 is 1.99. The number of nitrogens with zero attached hydrogens (tertiary/aromatic N) is 5. The van der Waals surface area contributed by atoms with Crippen LogP contribution in [-0.4, -0.2) is 49.1 Å². The summed E-state index contributed by atoms with van der Waals surface area (Å²) in [4.78, 5) is 21.9. The highest BCUT2D eigenvalue weighted by Crippen LogP contribution is 2.40. The van der Waals surface area contributed by atoms with Crippen LogP contribution in [0, 0.1) is 6.92 Å². The van der Waals surface area contributed by atoms with Gasteiger partial charge in [-0.15, -0.1) is 11.3 Å². The molecule has 0 saturated carbocycles. The van der Waals surface area contributed by atoms with Crippen LogP contribution in [0.4, 0.5) is 0 Å². The van der Waals surface area contributed by atoms with E-state index in [0.717, 1.165) is 62.6 Å². The molecule has 2 aliphatic heterocycles. The molecule has 0 radical (unpaired) electrons. The van der Waals surface area contributed by atoms with Crippen molar-refractivity contribution in [2.24, 2.45) is 0 Å². The summed E-state index contributed by atoms with van der Waals surface area (Å²) >= 11 is 1.67. The number of likely N-dealkylation sites (tertiary alicyclic amines) is 2. The van der Waals surface area contributed by atoms with Gasteiger partial charge in [0.15, 0.2) is 0 Å². The fourth-order valence-corrected chi connectivity index (χ4v) is 5.21. The molecular formula is C20H29N5OS. The molecule has 1 amide bonds. The molecular weight excluding hydrogens is 358 g/mol. The molecule has 6 nitrogen and oxygen atoms in total. The van der Waals surface area contributed by atoms with Gasteiger partial charge in [0.25, 0.3) is 0 Å². The fourth-order valence-electron chi connectivity index (χ4n) is 4.60. The zero-order valence-corrected chi connectivity index (χ0v) is 17.2. The van der Waals surface area contributed by atoms with Gasteiger partial charge in [-0.1, -0.05) is 0 Å². The number of aromatic nitrogens is 3. The van der Waals surface area contributed by atoms with Crippen molar-refractivity contribution in [1.29, 1.82) is 0 Å². The van der Waals surface area contributed by atoms with Crippen molar-refractivity contribution in [2.45, 2.75) is 71.1 Å². The molecule has 27 heavy (non-hydrogen) atoms. The maximum absolute atomic E-state index is 12.7. The molecule has 0 bridgehead atoms. The van der Waals surface area contributed by atoms with E-state index in [2.05, 4.69) is 38.4 Å². The van der Waals surface area contributed by atoms with Crippen LogP contribution in [0.1, 0.15) is 55.3 Å². The second kappa shape index (κ2) is 7.72. The van der Waals surface area contributed by atoms with Crippen LogP contribution in [-0.2, 0) is 24.4 Å². The molecule has 0 aromatic carbocycles. The SMILES string of the molecule is CCn1cc(CN2CCC[C@@]3(CCC(=O)N3Cc3csc(C)n3)CC2)cn1. The molecule has 2 fully saturated rings. The number of hydrogen-bond acceptors (Lipinski definition) is 5. The molecule has 1 atom stereocenters. The van der Waals surface area contributed by atoms with E-state index in [0.29, 0.717) is 18.9 Å². The molecule has 0 unspecified atom stereocenters. The number of thiazole rings is 1. The minimum absolute atomic E-state index is 0.0248. The topological polar surface area (TPSA) is 54.3 Å². The minimum atomic E-state index is 0.0248. The van der Waals surface area contributed by atoms with E-state index in [1.807, 2.05) is 17.8 Å². The Balaban J connectivity index is 1.44. The van der Waals surface area contributed by atoms with E-state index in [-0.39, 0.29) is 5.54 Å². The predicted molar refractivity (Wildman–Crippen MR) is 106 cm³/mol. The van der Waals surface area contributed by atoms with Gasteiger partial charge in [0.05, 0.1) is 23.4 Å². The minimum Gasteiger partial charge on any atom is -0.331 e. The van der Waals surface area contributed by atoms with Crippen LogP contribution >= 0.6 is 11.3 Å². The van der Waals surface area contributed by atoms with E-state index in [1.165, 1.54) is 5.56 Å². The highest BCUT2D eigenvalue weighted by atomic mass is 32.1. The van der Waals surface area contributed by atoms with Crippen molar-refractivity contribution in [1.82, 2.24) is 24.6 Å². The molecule has 2 aromatic heterocycles. The lowest BCUT2D eigenvalue weighted by Gasteiger charge is -2.38. The van der Waals surface area contributed by atoms with Crippen LogP contribution in [0.2, 0.25) is 0 Å². The molecule has 7 heteroatoms. The van der Waals surface area contributed by atoms with Gasteiger partial charge in [-0.3, -0.25) is 14.4 Å². The van der Waals surface area contributed by atoms with E-state index < -0.39 is 0 Å². The van der Waals surface area contributed by atoms with E-state index in [9.17, 15) is 4.79 Å². The number of aryl methyl sites for hydroxylation is 2. The zero-order chi connectivity index (χ0) is 18.9. The van der Waals surface area contributed by atoms with E-state index in [1.54, 1.807) is 11.3 Å². The Bertz CT molecular complexity index is 800. The Morgan fingerprint density at radius 3 is 2.85 bits per heavy atom.